The average Bonchev–Trinajstić information content (AvgIpc) is 2.15. The van der Waals surface area contributed by atoms with Crippen LogP contribution in [-0.2, 0) is 14.4 Å². The maximum absolute atomic E-state index is 11.3. The monoisotopic (exact) mass is 213 g/mol. The smallest absolute Gasteiger partial charge is 0.243 e. The van der Waals surface area contributed by atoms with Crippen LogP contribution in [0.15, 0.2) is 0 Å². The Balaban J connectivity index is 2.36. The first-order valence-corrected chi connectivity index (χ1v) is 4.87. The Labute approximate surface area is 87.6 Å². The quantitative estimate of drug-likeness (QED) is 0.495. The van der Waals surface area contributed by atoms with Gasteiger partial charge in [-0.3, -0.25) is 19.7 Å². The van der Waals surface area contributed by atoms with Crippen molar-refractivity contribution in [2.45, 2.75) is 25.8 Å². The Bertz CT molecular complexity index is 290. The maximum Gasteiger partial charge on any atom is 0.243 e. The molecular weight excluding hydrogens is 198 g/mol. The molecule has 3 amide bonds. The van der Waals surface area contributed by atoms with Crippen LogP contribution in [0.5, 0.6) is 0 Å². The molecule has 0 aliphatic carbocycles. The number of primary amides is 1. The number of nitrogens with two attached hydrogens (primary N) is 1. The molecule has 4 N–H and O–H groups in total. The van der Waals surface area contributed by atoms with E-state index in [1.165, 1.54) is 0 Å². The van der Waals surface area contributed by atoms with E-state index in [0.29, 0.717) is 19.4 Å². The Hall–Kier alpha value is -1.43. The topological polar surface area (TPSA) is 101 Å². The molecule has 1 aliphatic rings. The molecule has 15 heavy (non-hydrogen) atoms. The van der Waals surface area contributed by atoms with Crippen LogP contribution in [0.3, 0.4) is 0 Å². The summed E-state index contributed by atoms with van der Waals surface area (Å²) < 4.78 is 0. The molecule has 0 aromatic heterocycles. The molecule has 6 heteroatoms. The minimum atomic E-state index is -0.408. The van der Waals surface area contributed by atoms with Crippen molar-refractivity contribution in [1.82, 2.24) is 10.6 Å². The normalized spacial score (nSPS) is 23.4. The first-order valence-electron chi connectivity index (χ1n) is 4.87. The lowest BCUT2D eigenvalue weighted by molar-refractivity contribution is -0.135. The van der Waals surface area contributed by atoms with Crippen molar-refractivity contribution in [3.05, 3.63) is 0 Å². The number of carbonyl (C=O) groups excluding carboxylic acids is 3. The van der Waals surface area contributed by atoms with Gasteiger partial charge in [0.25, 0.3) is 0 Å². The zero-order chi connectivity index (χ0) is 11.4. The second kappa shape index (κ2) is 4.88. The van der Waals surface area contributed by atoms with Gasteiger partial charge in [0.05, 0.1) is 6.04 Å². The Kier molecular flexibility index (Phi) is 3.79. The van der Waals surface area contributed by atoms with Gasteiger partial charge in [0.15, 0.2) is 0 Å². The van der Waals surface area contributed by atoms with Crippen molar-refractivity contribution in [3.8, 4) is 0 Å². The fourth-order valence-electron chi connectivity index (χ4n) is 1.31. The van der Waals surface area contributed by atoms with Gasteiger partial charge in [-0.1, -0.05) is 6.92 Å². The van der Waals surface area contributed by atoms with Gasteiger partial charge in [-0.2, -0.15) is 0 Å². The minimum absolute atomic E-state index is 0.249. The van der Waals surface area contributed by atoms with Crippen molar-refractivity contribution in [1.29, 1.82) is 0 Å². The fraction of sp³-hybridized carbons (Fsp3) is 0.667. The summed E-state index contributed by atoms with van der Waals surface area (Å²) >= 11 is 0. The van der Waals surface area contributed by atoms with Crippen molar-refractivity contribution >= 4 is 17.7 Å². The molecule has 0 spiro atoms. The van der Waals surface area contributed by atoms with Crippen LogP contribution in [0, 0.1) is 5.92 Å². The van der Waals surface area contributed by atoms with Crippen LogP contribution in [-0.4, -0.2) is 30.3 Å². The maximum atomic E-state index is 11.3. The van der Waals surface area contributed by atoms with Gasteiger partial charge in [0.1, 0.15) is 0 Å². The van der Waals surface area contributed by atoms with E-state index in [2.05, 4.69) is 10.6 Å². The van der Waals surface area contributed by atoms with E-state index in [-0.39, 0.29) is 17.7 Å². The van der Waals surface area contributed by atoms with Gasteiger partial charge < -0.3 is 11.1 Å². The summed E-state index contributed by atoms with van der Waals surface area (Å²) in [4.78, 5) is 32.8. The molecule has 0 aromatic carbocycles. The van der Waals surface area contributed by atoms with Crippen LogP contribution in [0.2, 0.25) is 0 Å². The van der Waals surface area contributed by atoms with Crippen molar-refractivity contribution in [3.63, 3.8) is 0 Å². The fourth-order valence-corrected chi connectivity index (χ4v) is 1.31. The number of rotatable bonds is 4. The highest BCUT2D eigenvalue weighted by Gasteiger charge is 2.26. The molecule has 6 nitrogen and oxygen atoms in total. The van der Waals surface area contributed by atoms with Crippen LogP contribution in [0.25, 0.3) is 0 Å². The van der Waals surface area contributed by atoms with E-state index in [1.54, 1.807) is 6.92 Å². The molecule has 84 valence electrons. The summed E-state index contributed by atoms with van der Waals surface area (Å²) in [5.74, 6) is -1.31. The zero-order valence-corrected chi connectivity index (χ0v) is 8.58. The van der Waals surface area contributed by atoms with E-state index < -0.39 is 11.9 Å². The molecular formula is C9H15N3O3. The van der Waals surface area contributed by atoms with Gasteiger partial charge in [-0.25, -0.2) is 0 Å². The third-order valence-electron chi connectivity index (χ3n) is 2.40. The highest BCUT2D eigenvalue weighted by molar-refractivity contribution is 6.00. The Morgan fingerprint density at radius 1 is 1.67 bits per heavy atom. The third-order valence-corrected chi connectivity index (χ3v) is 2.40. The number of amides is 3. The molecule has 1 rings (SSSR count). The number of piperidine rings is 1. The lowest BCUT2D eigenvalue weighted by Crippen LogP contribution is -2.52. The van der Waals surface area contributed by atoms with E-state index in [1.807, 2.05) is 0 Å². The second-order valence-electron chi connectivity index (χ2n) is 3.72. The standard InChI is InChI=1S/C9H15N3O3/c1-5(8(10)14)4-11-6-2-3-7(13)12-9(6)15/h5-6,11H,2-4H2,1H3,(H2,10,14)(H,12,13,15). The third kappa shape index (κ3) is 3.32. The van der Waals surface area contributed by atoms with E-state index in [0.717, 1.165) is 0 Å². The van der Waals surface area contributed by atoms with Crippen molar-refractivity contribution in [2.75, 3.05) is 6.54 Å². The summed E-state index contributed by atoms with van der Waals surface area (Å²) in [5, 5.41) is 5.13. The zero-order valence-electron chi connectivity index (χ0n) is 8.58. The molecule has 1 aliphatic heterocycles. The molecule has 0 saturated carbocycles. The first-order chi connectivity index (χ1) is 7.00. The molecule has 1 heterocycles. The highest BCUT2D eigenvalue weighted by atomic mass is 16.2. The SMILES string of the molecule is CC(CNC1CCC(=O)NC1=O)C(N)=O. The van der Waals surface area contributed by atoms with E-state index in [9.17, 15) is 14.4 Å². The second-order valence-corrected chi connectivity index (χ2v) is 3.72. The number of carbonyl (C=O) groups is 3. The number of nitrogens with one attached hydrogen (secondary N) is 2. The van der Waals surface area contributed by atoms with E-state index >= 15 is 0 Å². The summed E-state index contributed by atoms with van der Waals surface area (Å²) in [5.41, 5.74) is 5.07. The minimum Gasteiger partial charge on any atom is -0.369 e. The summed E-state index contributed by atoms with van der Waals surface area (Å²) in [7, 11) is 0. The van der Waals surface area contributed by atoms with Gasteiger partial charge in [0, 0.05) is 18.9 Å². The average molecular weight is 213 g/mol. The summed E-state index contributed by atoms with van der Waals surface area (Å²) in [6.45, 7) is 2.03. The van der Waals surface area contributed by atoms with E-state index in [4.69, 9.17) is 5.73 Å². The molecule has 0 radical (unpaired) electrons. The van der Waals surface area contributed by atoms with Crippen LogP contribution < -0.4 is 16.4 Å². The summed E-state index contributed by atoms with van der Waals surface area (Å²) in [6.07, 6.45) is 0.796. The lowest BCUT2D eigenvalue weighted by Gasteiger charge is -2.22. The molecule has 1 fully saturated rings. The molecule has 0 aromatic rings. The molecule has 0 bridgehead atoms. The molecule has 1 saturated heterocycles. The van der Waals surface area contributed by atoms with Crippen LogP contribution >= 0.6 is 0 Å². The van der Waals surface area contributed by atoms with Gasteiger partial charge in [0.2, 0.25) is 17.7 Å². The predicted molar refractivity (Wildman–Crippen MR) is 52.5 cm³/mol. The Morgan fingerprint density at radius 2 is 2.33 bits per heavy atom. The number of hydrogen-bond donors (Lipinski definition) is 3. The number of imide groups is 1. The lowest BCUT2D eigenvalue weighted by atomic mass is 10.0. The molecule has 2 unspecified atom stereocenters. The van der Waals surface area contributed by atoms with Crippen molar-refractivity contribution in [2.24, 2.45) is 11.7 Å². The van der Waals surface area contributed by atoms with Gasteiger partial charge in [-0.15, -0.1) is 0 Å². The highest BCUT2D eigenvalue weighted by Crippen LogP contribution is 2.04. The first kappa shape index (κ1) is 11.6. The van der Waals surface area contributed by atoms with Gasteiger partial charge in [-0.05, 0) is 6.42 Å². The largest absolute Gasteiger partial charge is 0.369 e. The van der Waals surface area contributed by atoms with Gasteiger partial charge >= 0.3 is 0 Å². The molecule has 2 atom stereocenters. The van der Waals surface area contributed by atoms with Crippen molar-refractivity contribution < 1.29 is 14.4 Å². The summed E-state index contributed by atoms with van der Waals surface area (Å²) in [6, 6.07) is -0.399. The Morgan fingerprint density at radius 3 is 2.87 bits per heavy atom. The van der Waals surface area contributed by atoms with Crippen LogP contribution in [0.1, 0.15) is 19.8 Å². The predicted octanol–water partition coefficient (Wildman–Crippen LogP) is -1.50. The van der Waals surface area contributed by atoms with Crippen LogP contribution in [0.4, 0.5) is 0 Å². The number of hydrogen-bond acceptors (Lipinski definition) is 4.